The van der Waals surface area contributed by atoms with E-state index in [4.69, 9.17) is 4.74 Å². The van der Waals surface area contributed by atoms with Gasteiger partial charge in [-0.3, -0.25) is 4.79 Å². The van der Waals surface area contributed by atoms with Gasteiger partial charge in [0, 0.05) is 43.6 Å². The summed E-state index contributed by atoms with van der Waals surface area (Å²) in [6, 6.07) is 25.7. The van der Waals surface area contributed by atoms with Gasteiger partial charge in [-0.2, -0.15) is 0 Å². The maximum absolute atomic E-state index is 13.2. The molecule has 4 rings (SSSR count). The van der Waals surface area contributed by atoms with Gasteiger partial charge in [0.1, 0.15) is 5.75 Å². The van der Waals surface area contributed by atoms with Gasteiger partial charge in [0.05, 0.1) is 18.4 Å². The average Bonchev–Trinajstić information content (AvgIpc) is 2.80. The Morgan fingerprint density at radius 1 is 0.862 bits per heavy atom. The number of carbonyl (C=O) groups excluding carboxylic acids is 1. The second-order valence-electron chi connectivity index (χ2n) is 7.02. The van der Waals surface area contributed by atoms with Crippen molar-refractivity contribution in [2.75, 3.05) is 43.5 Å². The number of benzene rings is 3. The Kier molecular flexibility index (Phi) is 5.66. The topological polar surface area (TPSA) is 44.8 Å². The Morgan fingerprint density at radius 2 is 1.59 bits per heavy atom. The molecule has 0 atom stereocenters. The second kappa shape index (κ2) is 8.69. The van der Waals surface area contributed by atoms with Crippen LogP contribution in [0.1, 0.15) is 10.4 Å². The second-order valence-corrected chi connectivity index (χ2v) is 7.02. The maximum atomic E-state index is 13.2. The molecule has 1 heterocycles. The molecular weight excluding hydrogens is 362 g/mol. The number of carbonyl (C=O) groups is 1. The molecule has 0 saturated carbocycles. The molecule has 5 heteroatoms. The van der Waals surface area contributed by atoms with Gasteiger partial charge in [-0.1, -0.05) is 36.4 Å². The Bertz CT molecular complexity index is 967. The van der Waals surface area contributed by atoms with Crippen molar-refractivity contribution in [3.05, 3.63) is 84.4 Å². The molecule has 29 heavy (non-hydrogen) atoms. The lowest BCUT2D eigenvalue weighted by Gasteiger charge is -2.36. The molecule has 3 aromatic carbocycles. The zero-order valence-electron chi connectivity index (χ0n) is 16.5. The number of methoxy groups -OCH3 is 1. The highest BCUT2D eigenvalue weighted by Crippen LogP contribution is 2.25. The van der Waals surface area contributed by atoms with Crippen molar-refractivity contribution in [3.63, 3.8) is 0 Å². The highest BCUT2D eigenvalue weighted by Gasteiger charge is 2.24. The van der Waals surface area contributed by atoms with E-state index in [9.17, 15) is 4.79 Å². The molecule has 1 aliphatic rings. The van der Waals surface area contributed by atoms with Crippen LogP contribution in [0.5, 0.6) is 5.75 Å². The van der Waals surface area contributed by atoms with Gasteiger partial charge in [0.15, 0.2) is 0 Å². The minimum absolute atomic E-state index is 0.0642. The molecule has 3 aromatic rings. The third-order valence-corrected chi connectivity index (χ3v) is 5.20. The van der Waals surface area contributed by atoms with Crippen LogP contribution in [0, 0.1) is 0 Å². The van der Waals surface area contributed by atoms with Crippen molar-refractivity contribution in [3.8, 4) is 5.75 Å². The fourth-order valence-electron chi connectivity index (χ4n) is 3.60. The molecule has 0 bridgehead atoms. The molecule has 1 aliphatic heterocycles. The van der Waals surface area contributed by atoms with E-state index in [2.05, 4.69) is 16.3 Å². The minimum atomic E-state index is 0.0642. The first kappa shape index (κ1) is 18.9. The fraction of sp³-hybridized carbons (Fsp3) is 0.208. The molecule has 1 N–H and O–H groups in total. The quantitative estimate of drug-likeness (QED) is 0.705. The number of rotatable bonds is 5. The van der Waals surface area contributed by atoms with Crippen LogP contribution >= 0.6 is 0 Å². The molecule has 0 radical (unpaired) electrons. The number of ether oxygens (including phenoxy) is 1. The smallest absolute Gasteiger partial charge is 0.256 e. The predicted octanol–water partition coefficient (Wildman–Crippen LogP) is 4.40. The van der Waals surface area contributed by atoms with Crippen molar-refractivity contribution < 1.29 is 9.53 Å². The van der Waals surface area contributed by atoms with Gasteiger partial charge >= 0.3 is 0 Å². The van der Waals surface area contributed by atoms with E-state index in [-0.39, 0.29) is 5.91 Å². The number of hydrogen-bond acceptors (Lipinski definition) is 4. The van der Waals surface area contributed by atoms with Gasteiger partial charge in [0.25, 0.3) is 5.91 Å². The van der Waals surface area contributed by atoms with Gasteiger partial charge in [-0.15, -0.1) is 0 Å². The van der Waals surface area contributed by atoms with Gasteiger partial charge in [-0.25, -0.2) is 0 Å². The third-order valence-electron chi connectivity index (χ3n) is 5.20. The molecule has 1 amide bonds. The number of para-hydroxylation sites is 2. The molecule has 0 aromatic heterocycles. The van der Waals surface area contributed by atoms with Crippen LogP contribution in [0.4, 0.5) is 17.1 Å². The number of amides is 1. The van der Waals surface area contributed by atoms with Crippen LogP contribution in [0.3, 0.4) is 0 Å². The lowest BCUT2D eigenvalue weighted by atomic mass is 10.1. The summed E-state index contributed by atoms with van der Waals surface area (Å²) >= 11 is 0. The summed E-state index contributed by atoms with van der Waals surface area (Å²) in [5.74, 6) is 0.913. The lowest BCUT2D eigenvalue weighted by molar-refractivity contribution is 0.0748. The van der Waals surface area contributed by atoms with Crippen LogP contribution in [-0.2, 0) is 0 Å². The van der Waals surface area contributed by atoms with Gasteiger partial charge in [-0.05, 0) is 36.4 Å². The maximum Gasteiger partial charge on any atom is 0.256 e. The summed E-state index contributed by atoms with van der Waals surface area (Å²) < 4.78 is 5.33. The molecule has 1 fully saturated rings. The van der Waals surface area contributed by atoms with E-state index in [1.165, 1.54) is 0 Å². The van der Waals surface area contributed by atoms with Crippen molar-refractivity contribution in [2.24, 2.45) is 0 Å². The fourth-order valence-corrected chi connectivity index (χ4v) is 3.60. The van der Waals surface area contributed by atoms with Crippen LogP contribution in [0.2, 0.25) is 0 Å². The van der Waals surface area contributed by atoms with E-state index in [1.807, 2.05) is 77.7 Å². The Balaban J connectivity index is 1.45. The van der Waals surface area contributed by atoms with Crippen LogP contribution < -0.4 is 15.0 Å². The average molecular weight is 387 g/mol. The van der Waals surface area contributed by atoms with E-state index in [0.29, 0.717) is 18.7 Å². The van der Waals surface area contributed by atoms with Crippen LogP contribution in [0.15, 0.2) is 78.9 Å². The molecule has 5 nitrogen and oxygen atoms in total. The first-order valence-corrected chi connectivity index (χ1v) is 9.84. The van der Waals surface area contributed by atoms with Crippen molar-refractivity contribution in [1.82, 2.24) is 4.90 Å². The zero-order valence-corrected chi connectivity index (χ0v) is 16.5. The largest absolute Gasteiger partial charge is 0.497 e. The standard InChI is InChI=1S/C24H25N3O2/c1-29-21-11-7-10-20(18-21)26-14-16-27(17-15-26)24(28)22-12-5-6-13-23(22)25-19-8-3-2-4-9-19/h2-13,18,25H,14-17H2,1H3. The minimum Gasteiger partial charge on any atom is -0.497 e. The summed E-state index contributed by atoms with van der Waals surface area (Å²) in [6.45, 7) is 2.98. The number of nitrogens with one attached hydrogen (secondary N) is 1. The van der Waals surface area contributed by atoms with Crippen LogP contribution in [-0.4, -0.2) is 44.1 Å². The summed E-state index contributed by atoms with van der Waals surface area (Å²) in [4.78, 5) is 17.4. The molecular formula is C24H25N3O2. The van der Waals surface area contributed by atoms with E-state index >= 15 is 0 Å². The normalized spacial score (nSPS) is 13.8. The van der Waals surface area contributed by atoms with Crippen molar-refractivity contribution in [2.45, 2.75) is 0 Å². The monoisotopic (exact) mass is 387 g/mol. The summed E-state index contributed by atoms with van der Waals surface area (Å²) in [7, 11) is 1.68. The highest BCUT2D eigenvalue weighted by molar-refractivity contribution is 6.00. The Morgan fingerprint density at radius 3 is 2.34 bits per heavy atom. The van der Waals surface area contributed by atoms with E-state index in [0.717, 1.165) is 35.9 Å². The highest BCUT2D eigenvalue weighted by atomic mass is 16.5. The van der Waals surface area contributed by atoms with Crippen molar-refractivity contribution >= 4 is 23.0 Å². The SMILES string of the molecule is COc1cccc(N2CCN(C(=O)c3ccccc3Nc3ccccc3)CC2)c1. The summed E-state index contributed by atoms with van der Waals surface area (Å²) in [5.41, 5.74) is 3.63. The van der Waals surface area contributed by atoms with Crippen molar-refractivity contribution in [1.29, 1.82) is 0 Å². The first-order chi connectivity index (χ1) is 14.2. The predicted molar refractivity (Wildman–Crippen MR) is 117 cm³/mol. The summed E-state index contributed by atoms with van der Waals surface area (Å²) in [5, 5.41) is 3.37. The summed E-state index contributed by atoms with van der Waals surface area (Å²) in [6.07, 6.45) is 0. The number of nitrogens with zero attached hydrogens (tertiary/aromatic N) is 2. The Labute approximate surface area is 171 Å². The molecule has 0 spiro atoms. The zero-order chi connectivity index (χ0) is 20.1. The van der Waals surface area contributed by atoms with Gasteiger partial charge < -0.3 is 19.9 Å². The number of hydrogen-bond donors (Lipinski definition) is 1. The Hall–Kier alpha value is -3.47. The third kappa shape index (κ3) is 4.35. The van der Waals surface area contributed by atoms with Gasteiger partial charge in [0.2, 0.25) is 0 Å². The number of piperazine rings is 1. The molecule has 1 saturated heterocycles. The number of anilines is 3. The van der Waals surface area contributed by atoms with Crippen LogP contribution in [0.25, 0.3) is 0 Å². The molecule has 0 unspecified atom stereocenters. The molecule has 0 aliphatic carbocycles. The van der Waals surface area contributed by atoms with E-state index in [1.54, 1.807) is 7.11 Å². The first-order valence-electron chi connectivity index (χ1n) is 9.84. The lowest BCUT2D eigenvalue weighted by Crippen LogP contribution is -2.48. The molecule has 148 valence electrons. The van der Waals surface area contributed by atoms with E-state index < -0.39 is 0 Å².